The summed E-state index contributed by atoms with van der Waals surface area (Å²) in [6, 6.07) is 9.07. The molecule has 0 bridgehead atoms. The van der Waals surface area contributed by atoms with Gasteiger partial charge in [-0.3, -0.25) is 9.59 Å². The second kappa shape index (κ2) is 7.66. The molecule has 150 valence electrons. The van der Waals surface area contributed by atoms with Crippen LogP contribution >= 0.6 is 0 Å². The summed E-state index contributed by atoms with van der Waals surface area (Å²) in [6.45, 7) is 8.35. The molecular weight excluding hydrogens is 358 g/mol. The maximum Gasteiger partial charge on any atom is 0.407 e. The maximum absolute atomic E-state index is 12.7. The lowest BCUT2D eigenvalue weighted by molar-refractivity contribution is -0.129. The Bertz CT molecular complexity index is 945. The molecule has 28 heavy (non-hydrogen) atoms. The van der Waals surface area contributed by atoms with Crippen molar-refractivity contribution in [2.75, 3.05) is 13.1 Å². The van der Waals surface area contributed by atoms with Crippen LogP contribution in [-0.2, 0) is 16.0 Å². The molecule has 1 aromatic heterocycles. The van der Waals surface area contributed by atoms with Crippen LogP contribution in [0.5, 0.6) is 0 Å². The van der Waals surface area contributed by atoms with Gasteiger partial charge in [-0.2, -0.15) is 0 Å². The van der Waals surface area contributed by atoms with Gasteiger partial charge in [0.2, 0.25) is 5.91 Å². The van der Waals surface area contributed by atoms with E-state index in [4.69, 9.17) is 4.74 Å². The predicted molar refractivity (Wildman–Crippen MR) is 107 cm³/mol. The molecule has 2 amide bonds. The van der Waals surface area contributed by atoms with E-state index in [1.807, 2.05) is 52.0 Å². The number of likely N-dealkylation sites (tertiary alicyclic amines) is 1. The van der Waals surface area contributed by atoms with Gasteiger partial charge in [-0.25, -0.2) is 4.79 Å². The van der Waals surface area contributed by atoms with Gasteiger partial charge in [0, 0.05) is 24.2 Å². The number of para-hydroxylation sites is 1. The van der Waals surface area contributed by atoms with Crippen LogP contribution in [0.2, 0.25) is 0 Å². The third-order valence-electron chi connectivity index (χ3n) is 4.84. The van der Waals surface area contributed by atoms with Crippen molar-refractivity contribution in [3.05, 3.63) is 46.2 Å². The maximum atomic E-state index is 12.7. The quantitative estimate of drug-likeness (QED) is 0.849. The first-order valence-corrected chi connectivity index (χ1v) is 9.50. The van der Waals surface area contributed by atoms with Crippen LogP contribution < -0.4 is 10.9 Å². The van der Waals surface area contributed by atoms with Gasteiger partial charge in [-0.15, -0.1) is 0 Å². The Morgan fingerprint density at radius 2 is 1.96 bits per heavy atom. The van der Waals surface area contributed by atoms with Crippen molar-refractivity contribution in [1.82, 2.24) is 15.2 Å². The number of hydrogen-bond donors (Lipinski definition) is 2. The number of aromatic amines is 1. The van der Waals surface area contributed by atoms with Gasteiger partial charge in [0.25, 0.3) is 5.56 Å². The van der Waals surface area contributed by atoms with E-state index in [1.54, 1.807) is 11.0 Å². The monoisotopic (exact) mass is 385 g/mol. The molecule has 1 fully saturated rings. The summed E-state index contributed by atoms with van der Waals surface area (Å²) in [6.07, 6.45) is -0.448. The fourth-order valence-corrected chi connectivity index (χ4v) is 3.42. The molecule has 1 aromatic carbocycles. The van der Waals surface area contributed by atoms with Gasteiger partial charge >= 0.3 is 6.09 Å². The Balaban J connectivity index is 1.65. The minimum absolute atomic E-state index is 0.0338. The Morgan fingerprint density at radius 3 is 2.68 bits per heavy atom. The molecule has 0 unspecified atom stereocenters. The third-order valence-corrected chi connectivity index (χ3v) is 4.84. The van der Waals surface area contributed by atoms with Gasteiger partial charge in [-0.1, -0.05) is 25.1 Å². The average molecular weight is 385 g/mol. The molecule has 0 saturated carbocycles. The number of pyridine rings is 1. The first kappa shape index (κ1) is 19.9. The van der Waals surface area contributed by atoms with Crippen molar-refractivity contribution in [3.63, 3.8) is 0 Å². The lowest BCUT2D eigenvalue weighted by Gasteiger charge is -2.23. The first-order chi connectivity index (χ1) is 13.1. The molecule has 1 aliphatic heterocycles. The van der Waals surface area contributed by atoms with E-state index in [2.05, 4.69) is 10.3 Å². The number of carbonyl (C=O) groups excluding carboxylic acids is 2. The largest absolute Gasteiger partial charge is 0.444 e. The Hall–Kier alpha value is -2.83. The van der Waals surface area contributed by atoms with Crippen LogP contribution in [0, 0.1) is 5.92 Å². The van der Waals surface area contributed by atoms with Crippen LogP contribution in [0.25, 0.3) is 10.9 Å². The topological polar surface area (TPSA) is 91.5 Å². The number of nitrogens with zero attached hydrogens (tertiary/aromatic N) is 1. The smallest absolute Gasteiger partial charge is 0.407 e. The van der Waals surface area contributed by atoms with E-state index in [0.29, 0.717) is 18.7 Å². The molecule has 2 atom stereocenters. The molecule has 0 spiro atoms. The molecule has 2 heterocycles. The highest BCUT2D eigenvalue weighted by atomic mass is 16.6. The summed E-state index contributed by atoms with van der Waals surface area (Å²) in [5.74, 6) is -0.0209. The lowest BCUT2D eigenvalue weighted by Crippen LogP contribution is -2.43. The minimum atomic E-state index is -0.571. The van der Waals surface area contributed by atoms with Crippen LogP contribution in [-0.4, -0.2) is 46.6 Å². The minimum Gasteiger partial charge on any atom is -0.444 e. The fourth-order valence-electron chi connectivity index (χ4n) is 3.42. The number of aromatic nitrogens is 1. The molecule has 2 N–H and O–H groups in total. The summed E-state index contributed by atoms with van der Waals surface area (Å²) >= 11 is 0. The van der Waals surface area contributed by atoms with Gasteiger partial charge in [-0.05, 0) is 44.2 Å². The first-order valence-electron chi connectivity index (χ1n) is 9.50. The highest BCUT2D eigenvalue weighted by Gasteiger charge is 2.34. The normalized spacial score (nSPS) is 19.6. The zero-order chi connectivity index (χ0) is 20.5. The van der Waals surface area contributed by atoms with Crippen LogP contribution in [0.4, 0.5) is 4.79 Å². The number of hydrogen-bond acceptors (Lipinski definition) is 4. The number of carbonyl (C=O) groups is 2. The van der Waals surface area contributed by atoms with E-state index in [-0.39, 0.29) is 29.8 Å². The second-order valence-electron chi connectivity index (χ2n) is 8.42. The average Bonchev–Trinajstić information content (AvgIpc) is 2.94. The number of H-pyrrole nitrogens is 1. The van der Waals surface area contributed by atoms with E-state index >= 15 is 0 Å². The zero-order valence-electron chi connectivity index (χ0n) is 16.7. The number of alkyl carbamates (subject to hydrolysis) is 1. The fraction of sp³-hybridized carbons (Fsp3) is 0.476. The SMILES string of the molecule is C[C@@H]1CN(C(=O)Cc2cc3ccccc3[nH]c2=O)C[C@H]1NC(=O)OC(C)(C)C. The van der Waals surface area contributed by atoms with Crippen LogP contribution in [0.15, 0.2) is 35.1 Å². The number of benzene rings is 1. The number of nitrogens with one attached hydrogen (secondary N) is 2. The lowest BCUT2D eigenvalue weighted by atomic mass is 10.1. The molecule has 1 aliphatic rings. The summed E-state index contributed by atoms with van der Waals surface area (Å²) < 4.78 is 5.30. The highest BCUT2D eigenvalue weighted by molar-refractivity contribution is 5.83. The molecule has 7 nitrogen and oxygen atoms in total. The van der Waals surface area contributed by atoms with Crippen LogP contribution in [0.1, 0.15) is 33.3 Å². The van der Waals surface area contributed by atoms with Crippen molar-refractivity contribution >= 4 is 22.9 Å². The molecule has 7 heteroatoms. The summed E-state index contributed by atoms with van der Waals surface area (Å²) in [5.41, 5.74) is 0.376. The predicted octanol–water partition coefficient (Wildman–Crippen LogP) is 2.44. The van der Waals surface area contributed by atoms with Crippen molar-refractivity contribution < 1.29 is 14.3 Å². The molecule has 1 saturated heterocycles. The molecule has 0 radical (unpaired) electrons. The molecule has 0 aliphatic carbocycles. The van der Waals surface area contributed by atoms with Gasteiger partial charge in [0.05, 0.1) is 12.5 Å². The third kappa shape index (κ3) is 4.71. The number of fused-ring (bicyclic) bond motifs is 1. The standard InChI is InChI=1S/C21H27N3O4/c1-13-11-24(12-17(13)23-20(27)28-21(2,3)4)18(25)10-15-9-14-7-5-6-8-16(14)22-19(15)26/h5-9,13,17H,10-12H2,1-4H3,(H,22,26)(H,23,27)/t13-,17-/m1/s1. The van der Waals surface area contributed by atoms with E-state index in [1.165, 1.54) is 0 Å². The summed E-state index contributed by atoms with van der Waals surface area (Å²) in [7, 11) is 0. The molecular formula is C21H27N3O4. The Morgan fingerprint density at radius 1 is 1.25 bits per heavy atom. The van der Waals surface area contributed by atoms with Crippen molar-refractivity contribution in [1.29, 1.82) is 0 Å². The number of ether oxygens (including phenoxy) is 1. The molecule has 3 rings (SSSR count). The highest BCUT2D eigenvalue weighted by Crippen LogP contribution is 2.19. The van der Waals surface area contributed by atoms with Crippen molar-refractivity contribution in [2.45, 2.75) is 45.8 Å². The second-order valence-corrected chi connectivity index (χ2v) is 8.42. The summed E-state index contributed by atoms with van der Waals surface area (Å²) in [5, 5.41) is 3.74. The van der Waals surface area contributed by atoms with Crippen molar-refractivity contribution in [2.24, 2.45) is 5.92 Å². The van der Waals surface area contributed by atoms with E-state index in [9.17, 15) is 14.4 Å². The number of rotatable bonds is 3. The van der Waals surface area contributed by atoms with E-state index < -0.39 is 11.7 Å². The van der Waals surface area contributed by atoms with Gasteiger partial charge in [0.1, 0.15) is 5.60 Å². The summed E-state index contributed by atoms with van der Waals surface area (Å²) in [4.78, 5) is 41.6. The zero-order valence-corrected chi connectivity index (χ0v) is 16.7. The van der Waals surface area contributed by atoms with Crippen molar-refractivity contribution in [3.8, 4) is 0 Å². The van der Waals surface area contributed by atoms with E-state index in [0.717, 1.165) is 10.9 Å². The number of amides is 2. The van der Waals surface area contributed by atoms with Gasteiger partial charge in [0.15, 0.2) is 0 Å². The van der Waals surface area contributed by atoms with Gasteiger partial charge < -0.3 is 19.9 Å². The Labute approximate surface area is 164 Å². The Kier molecular flexibility index (Phi) is 5.45. The van der Waals surface area contributed by atoms with Crippen LogP contribution in [0.3, 0.4) is 0 Å². The molecule has 2 aromatic rings.